The van der Waals surface area contributed by atoms with Gasteiger partial charge in [-0.25, -0.2) is 9.37 Å². The first kappa shape index (κ1) is 26.0. The summed E-state index contributed by atoms with van der Waals surface area (Å²) < 4.78 is 14.6. The van der Waals surface area contributed by atoms with Gasteiger partial charge in [0.05, 0.1) is 16.9 Å². The lowest BCUT2D eigenvalue weighted by molar-refractivity contribution is 0.503. The van der Waals surface area contributed by atoms with E-state index in [0.717, 1.165) is 74.7 Å². The highest BCUT2D eigenvalue weighted by Gasteiger charge is 2.17. The normalized spacial score (nSPS) is 14.9. The number of allylic oxidation sites excluding steroid dienone is 3. The molecular weight excluding hydrogens is 497 g/mol. The summed E-state index contributed by atoms with van der Waals surface area (Å²) in [5.41, 5.74) is 8.57. The number of benzene rings is 2. The van der Waals surface area contributed by atoms with Crippen LogP contribution in [-0.4, -0.2) is 33.3 Å². The fraction of sp³-hybridized carbons (Fsp3) is 0.235. The highest BCUT2D eigenvalue weighted by Crippen LogP contribution is 2.35. The zero-order chi connectivity index (χ0) is 27.5. The van der Waals surface area contributed by atoms with Crippen molar-refractivity contribution in [1.82, 2.24) is 25.5 Å². The van der Waals surface area contributed by atoms with Gasteiger partial charge in [-0.05, 0) is 85.3 Å². The van der Waals surface area contributed by atoms with Crippen LogP contribution in [-0.2, 0) is 0 Å². The van der Waals surface area contributed by atoms with Crippen molar-refractivity contribution >= 4 is 27.5 Å². The Kier molecular flexibility index (Phi) is 7.43. The molecule has 3 N–H and O–H groups in total. The van der Waals surface area contributed by atoms with Gasteiger partial charge in [0.2, 0.25) is 0 Å². The summed E-state index contributed by atoms with van der Waals surface area (Å²) in [5, 5.41) is 12.3. The maximum absolute atomic E-state index is 14.6. The second kappa shape index (κ2) is 11.4. The molecule has 1 aliphatic carbocycles. The fourth-order valence-corrected chi connectivity index (χ4v) is 5.77. The van der Waals surface area contributed by atoms with Crippen molar-refractivity contribution in [3.05, 3.63) is 103 Å². The van der Waals surface area contributed by atoms with Crippen LogP contribution in [0, 0.1) is 11.7 Å². The van der Waals surface area contributed by atoms with Crippen LogP contribution in [0.1, 0.15) is 38.3 Å². The van der Waals surface area contributed by atoms with Crippen LogP contribution in [0.3, 0.4) is 0 Å². The van der Waals surface area contributed by atoms with Gasteiger partial charge >= 0.3 is 0 Å². The number of nitrogens with zero attached hydrogens (tertiary/aromatic N) is 2. The molecule has 1 fully saturated rings. The highest BCUT2D eigenvalue weighted by atomic mass is 19.1. The van der Waals surface area contributed by atoms with E-state index in [9.17, 15) is 4.39 Å². The molecule has 0 spiro atoms. The van der Waals surface area contributed by atoms with Crippen LogP contribution in [0.15, 0.2) is 91.0 Å². The number of halogens is 1. The van der Waals surface area contributed by atoms with Gasteiger partial charge in [0.1, 0.15) is 17.0 Å². The zero-order valence-corrected chi connectivity index (χ0v) is 22.8. The fourth-order valence-electron chi connectivity index (χ4n) is 5.77. The molecule has 6 rings (SSSR count). The third-order valence-electron chi connectivity index (χ3n) is 7.94. The van der Waals surface area contributed by atoms with Crippen LogP contribution in [0.5, 0.6) is 0 Å². The summed E-state index contributed by atoms with van der Waals surface area (Å²) in [6.07, 6.45) is 11.5. The van der Waals surface area contributed by atoms with Crippen LogP contribution >= 0.6 is 0 Å². The van der Waals surface area contributed by atoms with E-state index < -0.39 is 0 Å². The average molecular weight is 532 g/mol. The second-order valence-electron chi connectivity index (χ2n) is 10.5. The van der Waals surface area contributed by atoms with E-state index in [-0.39, 0.29) is 5.82 Å². The second-order valence-corrected chi connectivity index (χ2v) is 10.5. The molecule has 3 aromatic heterocycles. The van der Waals surface area contributed by atoms with E-state index in [4.69, 9.17) is 4.98 Å². The molecule has 0 saturated heterocycles. The Hall–Kier alpha value is -4.29. The summed E-state index contributed by atoms with van der Waals surface area (Å²) in [6.45, 7) is 7.92. The smallest absolute Gasteiger partial charge is 0.135 e. The number of hydrogen-bond donors (Lipinski definition) is 3. The Bertz CT molecular complexity index is 1730. The van der Waals surface area contributed by atoms with Crippen molar-refractivity contribution in [1.29, 1.82) is 0 Å². The van der Waals surface area contributed by atoms with Gasteiger partial charge in [0.15, 0.2) is 0 Å². The first-order chi connectivity index (χ1) is 19.6. The van der Waals surface area contributed by atoms with Gasteiger partial charge in [-0.1, -0.05) is 61.9 Å². The molecule has 0 amide bonds. The minimum atomic E-state index is -0.242. The molecule has 6 heteroatoms. The molecule has 40 heavy (non-hydrogen) atoms. The third-order valence-corrected chi connectivity index (χ3v) is 7.94. The van der Waals surface area contributed by atoms with Gasteiger partial charge in [-0.3, -0.25) is 5.10 Å². The Morgan fingerprint density at radius 3 is 2.67 bits per heavy atom. The van der Waals surface area contributed by atoms with E-state index in [1.54, 1.807) is 6.07 Å². The number of rotatable bonds is 9. The summed E-state index contributed by atoms with van der Waals surface area (Å²) in [5.74, 6) is 0.553. The summed E-state index contributed by atoms with van der Waals surface area (Å²) in [6, 6.07) is 18.8. The van der Waals surface area contributed by atoms with Gasteiger partial charge in [0, 0.05) is 23.0 Å². The maximum Gasteiger partial charge on any atom is 0.135 e. The molecule has 1 saturated carbocycles. The van der Waals surface area contributed by atoms with E-state index in [2.05, 4.69) is 39.2 Å². The molecule has 0 unspecified atom stereocenters. The van der Waals surface area contributed by atoms with Crippen molar-refractivity contribution in [2.24, 2.45) is 5.92 Å². The standard InChI is InChI=1S/C34H34FN5/c1-3-22(20-36-21-23-10-5-6-11-23)18-24(4-2)29-16-17-31-33(38-29)34(40-39-31)32-19-27-25(13-9-15-30(27)37-32)26-12-7-8-14-28(26)35/h3-4,7-9,12-19,23,36-37H,1,5-6,10-11,20-21H2,2H3,(H,39,40)/b22-18+,24-4+. The highest BCUT2D eigenvalue weighted by molar-refractivity contribution is 6.00. The van der Waals surface area contributed by atoms with E-state index in [0.29, 0.717) is 5.56 Å². The van der Waals surface area contributed by atoms with E-state index in [1.807, 2.05) is 61.5 Å². The van der Waals surface area contributed by atoms with Crippen molar-refractivity contribution < 1.29 is 4.39 Å². The number of pyridine rings is 1. The van der Waals surface area contributed by atoms with Gasteiger partial charge in [0.25, 0.3) is 0 Å². The lowest BCUT2D eigenvalue weighted by Crippen LogP contribution is -2.23. The van der Waals surface area contributed by atoms with Gasteiger partial charge < -0.3 is 10.3 Å². The zero-order valence-electron chi connectivity index (χ0n) is 22.8. The maximum atomic E-state index is 14.6. The first-order valence-electron chi connectivity index (χ1n) is 14.1. The van der Waals surface area contributed by atoms with Crippen molar-refractivity contribution in [3.8, 4) is 22.5 Å². The number of H-pyrrole nitrogens is 2. The van der Waals surface area contributed by atoms with Crippen molar-refractivity contribution in [3.63, 3.8) is 0 Å². The largest absolute Gasteiger partial charge is 0.353 e. The van der Waals surface area contributed by atoms with Crippen molar-refractivity contribution in [2.75, 3.05) is 13.1 Å². The molecule has 3 heterocycles. The van der Waals surface area contributed by atoms with E-state index >= 15 is 0 Å². The lowest BCUT2D eigenvalue weighted by atomic mass is 10.0. The van der Waals surface area contributed by atoms with Crippen LogP contribution < -0.4 is 5.32 Å². The van der Waals surface area contributed by atoms with Crippen LogP contribution in [0.2, 0.25) is 0 Å². The lowest BCUT2D eigenvalue weighted by Gasteiger charge is -2.11. The predicted molar refractivity (Wildman–Crippen MR) is 163 cm³/mol. The third kappa shape index (κ3) is 5.15. The quantitative estimate of drug-likeness (QED) is 0.168. The van der Waals surface area contributed by atoms with Crippen molar-refractivity contribution in [2.45, 2.75) is 32.6 Å². The van der Waals surface area contributed by atoms with Crippen LogP contribution in [0.4, 0.5) is 4.39 Å². The molecule has 5 aromatic rings. The molecule has 2 aromatic carbocycles. The first-order valence-corrected chi connectivity index (χ1v) is 14.1. The molecule has 0 bridgehead atoms. The molecule has 0 atom stereocenters. The Morgan fingerprint density at radius 1 is 1.05 bits per heavy atom. The molecule has 202 valence electrons. The Balaban J connectivity index is 1.32. The summed E-state index contributed by atoms with van der Waals surface area (Å²) in [7, 11) is 0. The Morgan fingerprint density at radius 2 is 1.88 bits per heavy atom. The molecule has 5 nitrogen and oxygen atoms in total. The number of fused-ring (bicyclic) bond motifs is 2. The average Bonchev–Trinajstić information content (AvgIpc) is 3.74. The summed E-state index contributed by atoms with van der Waals surface area (Å²) in [4.78, 5) is 8.51. The van der Waals surface area contributed by atoms with Gasteiger partial charge in [-0.2, -0.15) is 5.10 Å². The number of aromatic nitrogens is 4. The Labute approximate surface area is 233 Å². The molecule has 0 radical (unpaired) electrons. The number of nitrogens with one attached hydrogen (secondary N) is 3. The van der Waals surface area contributed by atoms with Gasteiger partial charge in [-0.15, -0.1) is 0 Å². The predicted octanol–water partition coefficient (Wildman–Crippen LogP) is 8.21. The minimum absolute atomic E-state index is 0.242. The number of aromatic amines is 2. The molecule has 1 aliphatic rings. The minimum Gasteiger partial charge on any atom is -0.353 e. The van der Waals surface area contributed by atoms with E-state index in [1.165, 1.54) is 31.7 Å². The topological polar surface area (TPSA) is 69.4 Å². The SMILES string of the molecule is C=C/C(=C\C(=C/C)c1ccc2[nH]nc(-c3cc4c(-c5ccccc5F)cccc4[nH]3)c2n1)CNCC1CCCC1. The van der Waals surface area contributed by atoms with Crippen LogP contribution in [0.25, 0.3) is 50.0 Å². The molecule has 0 aliphatic heterocycles. The monoisotopic (exact) mass is 531 g/mol. The molecular formula is C34H34FN5. The number of hydrogen-bond acceptors (Lipinski definition) is 3. The summed E-state index contributed by atoms with van der Waals surface area (Å²) >= 11 is 0.